The fraction of sp³-hybridized carbons (Fsp3) is 0.0952. The summed E-state index contributed by atoms with van der Waals surface area (Å²) in [7, 11) is 1.67. The third-order valence-corrected chi connectivity index (χ3v) is 4.49. The van der Waals surface area contributed by atoms with E-state index in [0.717, 1.165) is 39.7 Å². The number of hydrogen-bond donors (Lipinski definition) is 0. The molecule has 0 radical (unpaired) electrons. The van der Waals surface area contributed by atoms with E-state index >= 15 is 0 Å². The van der Waals surface area contributed by atoms with Gasteiger partial charge in [-0.2, -0.15) is 0 Å². The molecular formula is C21H17ClN2O. The lowest BCUT2D eigenvalue weighted by atomic mass is 10.2. The summed E-state index contributed by atoms with van der Waals surface area (Å²) in [6.45, 7) is 0.726. The number of fused-ring (bicyclic) bond motifs is 1. The third kappa shape index (κ3) is 3.11. The molecule has 0 bridgehead atoms. The van der Waals surface area contributed by atoms with Gasteiger partial charge < -0.3 is 9.30 Å². The molecule has 4 rings (SSSR count). The fourth-order valence-electron chi connectivity index (χ4n) is 2.98. The van der Waals surface area contributed by atoms with Gasteiger partial charge >= 0.3 is 0 Å². The number of ether oxygens (including phenoxy) is 1. The van der Waals surface area contributed by atoms with Crippen molar-refractivity contribution in [2.24, 2.45) is 0 Å². The summed E-state index contributed by atoms with van der Waals surface area (Å²) in [5.74, 6) is 1.75. The van der Waals surface area contributed by atoms with Crippen molar-refractivity contribution in [3.63, 3.8) is 0 Å². The molecule has 1 aromatic heterocycles. The molecule has 4 aromatic rings. The fourth-order valence-corrected chi connectivity index (χ4v) is 3.10. The molecule has 0 aliphatic rings. The lowest BCUT2D eigenvalue weighted by molar-refractivity contribution is 0.415. The maximum Gasteiger partial charge on any atom is 0.141 e. The molecule has 25 heavy (non-hydrogen) atoms. The number of methoxy groups -OCH3 is 1. The summed E-state index contributed by atoms with van der Waals surface area (Å²) in [6.07, 6.45) is 0. The zero-order valence-corrected chi connectivity index (χ0v) is 14.6. The quantitative estimate of drug-likeness (QED) is 0.492. The maximum atomic E-state index is 6.02. The molecule has 0 saturated carbocycles. The van der Waals surface area contributed by atoms with Gasteiger partial charge in [0, 0.05) is 23.2 Å². The smallest absolute Gasteiger partial charge is 0.141 e. The first-order chi connectivity index (χ1) is 12.2. The molecule has 0 saturated heterocycles. The van der Waals surface area contributed by atoms with Crippen molar-refractivity contribution in [3.8, 4) is 17.1 Å². The minimum Gasteiger partial charge on any atom is -0.497 e. The molecule has 124 valence electrons. The minimum atomic E-state index is 0.726. The Morgan fingerprint density at radius 3 is 2.44 bits per heavy atom. The zero-order chi connectivity index (χ0) is 17.2. The summed E-state index contributed by atoms with van der Waals surface area (Å²) in [4.78, 5) is 4.86. The number of imidazole rings is 1. The summed E-state index contributed by atoms with van der Waals surface area (Å²) in [5.41, 5.74) is 4.27. The molecule has 4 heteroatoms. The first-order valence-electron chi connectivity index (χ1n) is 8.09. The lowest BCUT2D eigenvalue weighted by Gasteiger charge is -2.10. The molecule has 0 atom stereocenters. The van der Waals surface area contributed by atoms with E-state index in [4.69, 9.17) is 21.3 Å². The molecule has 3 nitrogen and oxygen atoms in total. The van der Waals surface area contributed by atoms with Crippen LogP contribution in [0.4, 0.5) is 0 Å². The molecule has 0 unspecified atom stereocenters. The van der Waals surface area contributed by atoms with Gasteiger partial charge in [0.1, 0.15) is 11.6 Å². The largest absolute Gasteiger partial charge is 0.497 e. The van der Waals surface area contributed by atoms with Gasteiger partial charge in [0.25, 0.3) is 0 Å². The summed E-state index contributed by atoms with van der Waals surface area (Å²) in [6, 6.07) is 24.2. The van der Waals surface area contributed by atoms with Crippen LogP contribution in [0.1, 0.15) is 5.56 Å². The Labute approximate surface area is 151 Å². The summed E-state index contributed by atoms with van der Waals surface area (Å²) >= 11 is 6.02. The van der Waals surface area contributed by atoms with Crippen LogP contribution in [0.5, 0.6) is 5.75 Å². The third-order valence-electron chi connectivity index (χ3n) is 4.24. The van der Waals surface area contributed by atoms with E-state index in [9.17, 15) is 0 Å². The van der Waals surface area contributed by atoms with Crippen LogP contribution < -0.4 is 4.74 Å². The summed E-state index contributed by atoms with van der Waals surface area (Å²) < 4.78 is 7.57. The first-order valence-corrected chi connectivity index (χ1v) is 8.46. The van der Waals surface area contributed by atoms with Crippen LogP contribution >= 0.6 is 11.6 Å². The lowest BCUT2D eigenvalue weighted by Crippen LogP contribution is -2.02. The highest BCUT2D eigenvalue weighted by molar-refractivity contribution is 6.30. The second-order valence-electron chi connectivity index (χ2n) is 5.87. The monoisotopic (exact) mass is 348 g/mol. The Bertz CT molecular complexity index is 1010. The molecule has 1 heterocycles. The second kappa shape index (κ2) is 6.61. The van der Waals surface area contributed by atoms with Crippen molar-refractivity contribution in [3.05, 3.63) is 83.4 Å². The van der Waals surface area contributed by atoms with E-state index in [1.54, 1.807) is 7.11 Å². The standard InChI is InChI=1S/C21H17ClN2O/c1-25-18-11-12-20-19(13-18)23-21(16-5-3-2-4-6-16)24(20)14-15-7-9-17(22)10-8-15/h2-13H,14H2,1H3. The number of aromatic nitrogens is 2. The molecular weight excluding hydrogens is 332 g/mol. The first kappa shape index (κ1) is 15.7. The molecule has 0 aliphatic carbocycles. The van der Waals surface area contributed by atoms with Crippen LogP contribution in [-0.2, 0) is 6.54 Å². The van der Waals surface area contributed by atoms with Gasteiger partial charge in [-0.3, -0.25) is 0 Å². The SMILES string of the molecule is COc1ccc2c(c1)nc(-c1ccccc1)n2Cc1ccc(Cl)cc1. The van der Waals surface area contributed by atoms with Crippen LogP contribution in [0.25, 0.3) is 22.4 Å². The van der Waals surface area contributed by atoms with E-state index < -0.39 is 0 Å². The van der Waals surface area contributed by atoms with Gasteiger partial charge in [0.15, 0.2) is 0 Å². The predicted molar refractivity (Wildman–Crippen MR) is 102 cm³/mol. The van der Waals surface area contributed by atoms with Crippen molar-refractivity contribution < 1.29 is 4.74 Å². The number of halogens is 1. The topological polar surface area (TPSA) is 27.1 Å². The Hall–Kier alpha value is -2.78. The van der Waals surface area contributed by atoms with Gasteiger partial charge in [-0.05, 0) is 29.8 Å². The zero-order valence-electron chi connectivity index (χ0n) is 13.8. The highest BCUT2D eigenvalue weighted by atomic mass is 35.5. The minimum absolute atomic E-state index is 0.726. The van der Waals surface area contributed by atoms with Crippen LogP contribution in [0.2, 0.25) is 5.02 Å². The van der Waals surface area contributed by atoms with Crippen molar-refractivity contribution in [1.29, 1.82) is 0 Å². The number of nitrogens with zero attached hydrogens (tertiary/aromatic N) is 2. The van der Waals surface area contributed by atoms with Crippen molar-refractivity contribution >= 4 is 22.6 Å². The van der Waals surface area contributed by atoms with Crippen molar-refractivity contribution in [2.45, 2.75) is 6.54 Å². The molecule has 3 aromatic carbocycles. The van der Waals surface area contributed by atoms with E-state index in [1.165, 1.54) is 5.56 Å². The van der Waals surface area contributed by atoms with E-state index in [1.807, 2.05) is 54.6 Å². The highest BCUT2D eigenvalue weighted by Gasteiger charge is 2.13. The van der Waals surface area contributed by atoms with Crippen LogP contribution in [0.15, 0.2) is 72.8 Å². The normalized spacial score (nSPS) is 11.0. The average molecular weight is 349 g/mol. The Kier molecular flexibility index (Phi) is 4.16. The average Bonchev–Trinajstić information content (AvgIpc) is 3.02. The Morgan fingerprint density at radius 1 is 0.960 bits per heavy atom. The molecule has 0 spiro atoms. The highest BCUT2D eigenvalue weighted by Crippen LogP contribution is 2.28. The Morgan fingerprint density at radius 2 is 1.72 bits per heavy atom. The number of rotatable bonds is 4. The van der Waals surface area contributed by atoms with Gasteiger partial charge in [-0.1, -0.05) is 54.1 Å². The number of hydrogen-bond acceptors (Lipinski definition) is 2. The Balaban J connectivity index is 1.88. The molecule has 0 amide bonds. The summed E-state index contributed by atoms with van der Waals surface area (Å²) in [5, 5.41) is 0.743. The van der Waals surface area contributed by atoms with E-state index in [2.05, 4.69) is 22.8 Å². The van der Waals surface area contributed by atoms with Crippen molar-refractivity contribution in [1.82, 2.24) is 9.55 Å². The van der Waals surface area contributed by atoms with Crippen molar-refractivity contribution in [2.75, 3.05) is 7.11 Å². The van der Waals surface area contributed by atoms with E-state index in [0.29, 0.717) is 0 Å². The van der Waals surface area contributed by atoms with Gasteiger partial charge in [-0.15, -0.1) is 0 Å². The second-order valence-corrected chi connectivity index (χ2v) is 6.31. The van der Waals surface area contributed by atoms with Crippen LogP contribution in [-0.4, -0.2) is 16.7 Å². The van der Waals surface area contributed by atoms with Crippen LogP contribution in [0, 0.1) is 0 Å². The van der Waals surface area contributed by atoms with Gasteiger partial charge in [0.05, 0.1) is 18.1 Å². The van der Waals surface area contributed by atoms with Gasteiger partial charge in [0.2, 0.25) is 0 Å². The molecule has 0 aliphatic heterocycles. The molecule has 0 N–H and O–H groups in total. The maximum absolute atomic E-state index is 6.02. The van der Waals surface area contributed by atoms with Crippen LogP contribution in [0.3, 0.4) is 0 Å². The van der Waals surface area contributed by atoms with E-state index in [-0.39, 0.29) is 0 Å². The molecule has 0 fully saturated rings. The van der Waals surface area contributed by atoms with Gasteiger partial charge in [-0.25, -0.2) is 4.98 Å². The number of benzene rings is 3. The predicted octanol–water partition coefficient (Wildman–Crippen LogP) is 5.41.